The molecule has 1 atom stereocenters. The standard InChI is InChI=1S/C19H21F3N2O2.ClH/c1-2-15(26-17-6-4-3-5-16(17)19(20,21)22)12-24-18(25)11-13-7-9-14(23)10-8-13;/h3-10,15H,2,11-12,23H2,1H3,(H,24,25);1H. The van der Waals surface area contributed by atoms with Crippen LogP contribution in [0.5, 0.6) is 5.75 Å². The van der Waals surface area contributed by atoms with Gasteiger partial charge in [0.05, 0.1) is 18.5 Å². The number of rotatable bonds is 7. The third-order valence-electron chi connectivity index (χ3n) is 3.81. The van der Waals surface area contributed by atoms with E-state index in [0.29, 0.717) is 12.1 Å². The Morgan fingerprint density at radius 1 is 1.15 bits per heavy atom. The molecule has 1 amide bonds. The van der Waals surface area contributed by atoms with E-state index in [1.807, 2.05) is 0 Å². The summed E-state index contributed by atoms with van der Waals surface area (Å²) < 4.78 is 44.6. The number of ether oxygens (including phenoxy) is 1. The van der Waals surface area contributed by atoms with Crippen LogP contribution in [0, 0.1) is 0 Å². The first-order valence-electron chi connectivity index (χ1n) is 8.23. The molecule has 2 aromatic rings. The van der Waals surface area contributed by atoms with Crippen molar-refractivity contribution in [1.82, 2.24) is 5.32 Å². The zero-order valence-electron chi connectivity index (χ0n) is 14.8. The third-order valence-corrected chi connectivity index (χ3v) is 3.81. The lowest BCUT2D eigenvalue weighted by Gasteiger charge is -2.21. The Balaban J connectivity index is 0.00000364. The minimum Gasteiger partial charge on any atom is -0.488 e. The summed E-state index contributed by atoms with van der Waals surface area (Å²) in [4.78, 5) is 12.0. The lowest BCUT2D eigenvalue weighted by atomic mass is 10.1. The highest BCUT2D eigenvalue weighted by Gasteiger charge is 2.34. The Hall–Kier alpha value is -2.41. The monoisotopic (exact) mass is 402 g/mol. The van der Waals surface area contributed by atoms with Crippen LogP contribution in [0.4, 0.5) is 18.9 Å². The molecule has 0 heterocycles. The summed E-state index contributed by atoms with van der Waals surface area (Å²) in [5.41, 5.74) is 6.17. The van der Waals surface area contributed by atoms with Crippen LogP contribution < -0.4 is 15.8 Å². The lowest BCUT2D eigenvalue weighted by molar-refractivity contribution is -0.139. The first-order chi connectivity index (χ1) is 12.3. The van der Waals surface area contributed by atoms with Crippen LogP contribution >= 0.6 is 12.4 Å². The minimum atomic E-state index is -4.49. The molecule has 148 valence electrons. The van der Waals surface area contributed by atoms with Gasteiger partial charge in [-0.1, -0.05) is 31.2 Å². The Morgan fingerprint density at radius 2 is 1.78 bits per heavy atom. The van der Waals surface area contributed by atoms with Gasteiger partial charge in [0.15, 0.2) is 0 Å². The van der Waals surface area contributed by atoms with Crippen LogP contribution in [0.1, 0.15) is 24.5 Å². The molecule has 0 aliphatic heterocycles. The molecule has 0 saturated carbocycles. The summed E-state index contributed by atoms with van der Waals surface area (Å²) in [6.07, 6.45) is -4.44. The van der Waals surface area contributed by atoms with Gasteiger partial charge >= 0.3 is 6.18 Å². The Morgan fingerprint density at radius 3 is 2.37 bits per heavy atom. The quantitative estimate of drug-likeness (QED) is 0.681. The molecule has 0 saturated heterocycles. The van der Waals surface area contributed by atoms with Crippen molar-refractivity contribution in [2.24, 2.45) is 0 Å². The predicted octanol–water partition coefficient (Wildman–Crippen LogP) is 4.23. The van der Waals surface area contributed by atoms with Gasteiger partial charge in [-0.15, -0.1) is 12.4 Å². The van der Waals surface area contributed by atoms with Gasteiger partial charge < -0.3 is 15.8 Å². The zero-order valence-corrected chi connectivity index (χ0v) is 15.6. The molecule has 0 aliphatic rings. The number of benzene rings is 2. The highest BCUT2D eigenvalue weighted by atomic mass is 35.5. The molecule has 0 spiro atoms. The number of nitrogen functional groups attached to an aromatic ring is 1. The number of para-hydroxylation sites is 1. The Labute approximate surface area is 162 Å². The highest BCUT2D eigenvalue weighted by Crippen LogP contribution is 2.36. The van der Waals surface area contributed by atoms with E-state index in [9.17, 15) is 18.0 Å². The van der Waals surface area contributed by atoms with E-state index in [1.54, 1.807) is 31.2 Å². The molecular weight excluding hydrogens is 381 g/mol. The van der Waals surface area contributed by atoms with E-state index < -0.39 is 17.8 Å². The number of hydrogen-bond acceptors (Lipinski definition) is 3. The summed E-state index contributed by atoms with van der Waals surface area (Å²) in [6.45, 7) is 1.91. The molecule has 0 radical (unpaired) electrons. The number of anilines is 1. The second-order valence-electron chi connectivity index (χ2n) is 5.86. The van der Waals surface area contributed by atoms with E-state index in [2.05, 4.69) is 5.32 Å². The van der Waals surface area contributed by atoms with Crippen molar-refractivity contribution in [3.63, 3.8) is 0 Å². The van der Waals surface area contributed by atoms with Crippen LogP contribution in [0.25, 0.3) is 0 Å². The molecule has 0 fully saturated rings. The largest absolute Gasteiger partial charge is 0.488 e. The summed E-state index contributed by atoms with van der Waals surface area (Å²) in [5, 5.41) is 2.70. The fourth-order valence-corrected chi connectivity index (χ4v) is 2.36. The van der Waals surface area contributed by atoms with Gasteiger partial charge in [-0.25, -0.2) is 0 Å². The SMILES string of the molecule is CCC(CNC(=O)Cc1ccc(N)cc1)Oc1ccccc1C(F)(F)F.Cl. The summed E-state index contributed by atoms with van der Waals surface area (Å²) in [7, 11) is 0. The Kier molecular flexibility index (Phi) is 8.43. The smallest absolute Gasteiger partial charge is 0.419 e. The first-order valence-corrected chi connectivity index (χ1v) is 8.23. The maximum atomic E-state index is 13.0. The second-order valence-corrected chi connectivity index (χ2v) is 5.86. The van der Waals surface area contributed by atoms with E-state index >= 15 is 0 Å². The van der Waals surface area contributed by atoms with E-state index in [-0.39, 0.29) is 37.0 Å². The minimum absolute atomic E-state index is 0. The van der Waals surface area contributed by atoms with Crippen LogP contribution in [0.2, 0.25) is 0 Å². The molecule has 8 heteroatoms. The average Bonchev–Trinajstić information content (AvgIpc) is 2.60. The van der Waals surface area contributed by atoms with Crippen molar-refractivity contribution >= 4 is 24.0 Å². The van der Waals surface area contributed by atoms with E-state index in [1.165, 1.54) is 18.2 Å². The lowest BCUT2D eigenvalue weighted by Crippen LogP contribution is -2.36. The number of carbonyl (C=O) groups is 1. The fourth-order valence-electron chi connectivity index (χ4n) is 2.36. The van der Waals surface area contributed by atoms with Crippen molar-refractivity contribution < 1.29 is 22.7 Å². The number of carbonyl (C=O) groups excluding carboxylic acids is 1. The van der Waals surface area contributed by atoms with Crippen molar-refractivity contribution in [1.29, 1.82) is 0 Å². The molecule has 3 N–H and O–H groups in total. The molecule has 0 bridgehead atoms. The number of halogens is 4. The molecular formula is C19H22ClF3N2O2. The summed E-state index contributed by atoms with van der Waals surface area (Å²) >= 11 is 0. The van der Waals surface area contributed by atoms with Crippen LogP contribution in [0.15, 0.2) is 48.5 Å². The van der Waals surface area contributed by atoms with Crippen molar-refractivity contribution in [3.8, 4) is 5.75 Å². The van der Waals surface area contributed by atoms with Gasteiger partial charge in [0.1, 0.15) is 11.9 Å². The van der Waals surface area contributed by atoms with Gasteiger partial charge in [0.25, 0.3) is 0 Å². The van der Waals surface area contributed by atoms with Crippen molar-refractivity contribution in [2.75, 3.05) is 12.3 Å². The topological polar surface area (TPSA) is 64.4 Å². The first kappa shape index (κ1) is 22.6. The van der Waals surface area contributed by atoms with Crippen LogP contribution in [0.3, 0.4) is 0 Å². The Bertz CT molecular complexity index is 736. The normalized spacial score (nSPS) is 12.0. The molecule has 0 aliphatic carbocycles. The zero-order chi connectivity index (χ0) is 19.2. The van der Waals surface area contributed by atoms with Gasteiger partial charge in [0, 0.05) is 5.69 Å². The van der Waals surface area contributed by atoms with E-state index in [4.69, 9.17) is 10.5 Å². The maximum Gasteiger partial charge on any atom is 0.419 e. The van der Waals surface area contributed by atoms with Gasteiger partial charge in [0.2, 0.25) is 5.91 Å². The second kappa shape index (κ2) is 10.1. The predicted molar refractivity (Wildman–Crippen MR) is 101 cm³/mol. The molecule has 2 aromatic carbocycles. The van der Waals surface area contributed by atoms with Gasteiger partial charge in [-0.05, 0) is 36.2 Å². The number of alkyl halides is 3. The van der Waals surface area contributed by atoms with Crippen molar-refractivity contribution in [3.05, 3.63) is 59.7 Å². The summed E-state index contributed by atoms with van der Waals surface area (Å²) in [5.74, 6) is -0.472. The fraction of sp³-hybridized carbons (Fsp3) is 0.316. The molecule has 2 rings (SSSR count). The van der Waals surface area contributed by atoms with Crippen molar-refractivity contribution in [2.45, 2.75) is 32.0 Å². The van der Waals surface area contributed by atoms with Crippen LogP contribution in [-0.2, 0) is 17.4 Å². The van der Waals surface area contributed by atoms with Crippen LogP contribution in [-0.4, -0.2) is 18.6 Å². The number of nitrogens with two attached hydrogens (primary N) is 1. The number of hydrogen-bond donors (Lipinski definition) is 2. The number of nitrogens with one attached hydrogen (secondary N) is 1. The van der Waals surface area contributed by atoms with E-state index in [0.717, 1.165) is 11.6 Å². The third kappa shape index (κ3) is 7.02. The molecule has 4 nitrogen and oxygen atoms in total. The molecule has 1 unspecified atom stereocenters. The summed E-state index contributed by atoms with van der Waals surface area (Å²) in [6, 6.07) is 12.0. The number of amides is 1. The maximum absolute atomic E-state index is 13.0. The molecule has 0 aromatic heterocycles. The highest BCUT2D eigenvalue weighted by molar-refractivity contribution is 5.85. The van der Waals surface area contributed by atoms with Gasteiger partial charge in [-0.2, -0.15) is 13.2 Å². The molecule has 27 heavy (non-hydrogen) atoms. The average molecular weight is 403 g/mol. The van der Waals surface area contributed by atoms with Gasteiger partial charge in [-0.3, -0.25) is 4.79 Å².